The number of methoxy groups -OCH3 is 1. The van der Waals surface area contributed by atoms with Crippen molar-refractivity contribution < 1.29 is 9.53 Å². The van der Waals surface area contributed by atoms with Crippen LogP contribution in [-0.4, -0.2) is 29.0 Å². The van der Waals surface area contributed by atoms with Crippen LogP contribution in [0.15, 0.2) is 6.07 Å². The van der Waals surface area contributed by atoms with Gasteiger partial charge in [0.15, 0.2) is 5.82 Å². The SMILES string of the molecule is COCc1nc(NN)cc(NC(C)CC(N)=O)n1. The lowest BCUT2D eigenvalue weighted by Crippen LogP contribution is -2.25. The predicted molar refractivity (Wildman–Crippen MR) is 67.5 cm³/mol. The number of hydrogen-bond donors (Lipinski definition) is 4. The molecule has 1 atom stereocenters. The molecular weight excluding hydrogens is 236 g/mol. The number of carbonyl (C=O) groups excluding carboxylic acids is 1. The van der Waals surface area contributed by atoms with Crippen molar-refractivity contribution in [2.24, 2.45) is 11.6 Å². The molecule has 0 saturated heterocycles. The van der Waals surface area contributed by atoms with Gasteiger partial charge in [-0.15, -0.1) is 0 Å². The van der Waals surface area contributed by atoms with Crippen LogP contribution in [0.3, 0.4) is 0 Å². The van der Waals surface area contributed by atoms with E-state index in [9.17, 15) is 4.79 Å². The summed E-state index contributed by atoms with van der Waals surface area (Å²) in [6, 6.07) is 1.51. The Labute approximate surface area is 105 Å². The number of rotatable bonds is 7. The summed E-state index contributed by atoms with van der Waals surface area (Å²) in [5.74, 6) is 6.44. The van der Waals surface area contributed by atoms with E-state index in [4.69, 9.17) is 16.3 Å². The van der Waals surface area contributed by atoms with Gasteiger partial charge in [-0.3, -0.25) is 4.79 Å². The zero-order valence-corrected chi connectivity index (χ0v) is 10.4. The van der Waals surface area contributed by atoms with Crippen LogP contribution in [0.4, 0.5) is 11.6 Å². The first-order valence-electron chi connectivity index (χ1n) is 5.43. The number of carbonyl (C=O) groups is 1. The highest BCUT2D eigenvalue weighted by Gasteiger charge is 2.09. The van der Waals surface area contributed by atoms with E-state index < -0.39 is 0 Å². The molecule has 0 bridgehead atoms. The minimum atomic E-state index is -0.377. The number of hydrazine groups is 1. The summed E-state index contributed by atoms with van der Waals surface area (Å²) in [4.78, 5) is 19.1. The van der Waals surface area contributed by atoms with Gasteiger partial charge in [0.1, 0.15) is 18.2 Å². The van der Waals surface area contributed by atoms with Crippen molar-refractivity contribution in [1.29, 1.82) is 0 Å². The molecule has 1 aromatic rings. The van der Waals surface area contributed by atoms with Gasteiger partial charge in [0, 0.05) is 25.6 Å². The molecule has 0 aliphatic rings. The molecule has 0 aliphatic carbocycles. The van der Waals surface area contributed by atoms with E-state index in [0.717, 1.165) is 0 Å². The molecule has 0 aromatic carbocycles. The first-order valence-corrected chi connectivity index (χ1v) is 5.43. The third kappa shape index (κ3) is 4.52. The Kier molecular flexibility index (Phi) is 5.28. The molecule has 8 heteroatoms. The third-order valence-electron chi connectivity index (χ3n) is 2.10. The number of hydrogen-bond acceptors (Lipinski definition) is 7. The van der Waals surface area contributed by atoms with Crippen molar-refractivity contribution in [2.45, 2.75) is 26.0 Å². The van der Waals surface area contributed by atoms with Crippen molar-refractivity contribution in [3.63, 3.8) is 0 Å². The number of nitrogens with one attached hydrogen (secondary N) is 2. The summed E-state index contributed by atoms with van der Waals surface area (Å²) >= 11 is 0. The van der Waals surface area contributed by atoms with Crippen LogP contribution in [0, 0.1) is 0 Å². The van der Waals surface area contributed by atoms with Crippen LogP contribution >= 0.6 is 0 Å². The monoisotopic (exact) mass is 254 g/mol. The number of ether oxygens (including phenoxy) is 1. The van der Waals surface area contributed by atoms with Crippen molar-refractivity contribution >= 4 is 17.5 Å². The molecule has 8 nitrogen and oxygen atoms in total. The summed E-state index contributed by atoms with van der Waals surface area (Å²) in [7, 11) is 1.55. The molecule has 1 unspecified atom stereocenters. The number of primary amides is 1. The Morgan fingerprint density at radius 3 is 2.72 bits per heavy atom. The zero-order valence-electron chi connectivity index (χ0n) is 10.4. The number of anilines is 2. The summed E-state index contributed by atoms with van der Waals surface area (Å²) in [6.07, 6.45) is 0.217. The largest absolute Gasteiger partial charge is 0.377 e. The maximum Gasteiger partial charge on any atom is 0.219 e. The third-order valence-corrected chi connectivity index (χ3v) is 2.10. The quantitative estimate of drug-likeness (QED) is 0.384. The molecule has 100 valence electrons. The smallest absolute Gasteiger partial charge is 0.219 e. The minimum absolute atomic E-state index is 0.126. The van der Waals surface area contributed by atoms with Gasteiger partial charge in [0.2, 0.25) is 5.91 Å². The van der Waals surface area contributed by atoms with E-state index in [-0.39, 0.29) is 25.0 Å². The number of aromatic nitrogens is 2. The molecule has 0 saturated carbocycles. The first kappa shape index (κ1) is 14.1. The number of nitrogen functional groups attached to an aromatic ring is 1. The minimum Gasteiger partial charge on any atom is -0.377 e. The fourth-order valence-corrected chi connectivity index (χ4v) is 1.44. The maximum absolute atomic E-state index is 10.8. The van der Waals surface area contributed by atoms with E-state index in [1.54, 1.807) is 13.2 Å². The second-order valence-electron chi connectivity index (χ2n) is 3.85. The molecule has 1 rings (SSSR count). The summed E-state index contributed by atoms with van der Waals surface area (Å²) < 4.78 is 4.96. The molecule has 6 N–H and O–H groups in total. The van der Waals surface area contributed by atoms with E-state index in [1.165, 1.54) is 0 Å². The van der Waals surface area contributed by atoms with Crippen LogP contribution in [0.1, 0.15) is 19.2 Å². The second kappa shape index (κ2) is 6.72. The Balaban J connectivity index is 2.80. The fraction of sp³-hybridized carbons (Fsp3) is 0.500. The van der Waals surface area contributed by atoms with Crippen LogP contribution in [0.5, 0.6) is 0 Å². The van der Waals surface area contributed by atoms with E-state index >= 15 is 0 Å². The number of amides is 1. The van der Waals surface area contributed by atoms with Crippen LogP contribution in [-0.2, 0) is 16.1 Å². The van der Waals surface area contributed by atoms with Gasteiger partial charge >= 0.3 is 0 Å². The highest BCUT2D eigenvalue weighted by Crippen LogP contribution is 2.12. The summed E-state index contributed by atoms with van der Waals surface area (Å²) in [5.41, 5.74) is 7.56. The first-order chi connectivity index (χ1) is 8.55. The molecule has 0 radical (unpaired) electrons. The molecule has 0 spiro atoms. The van der Waals surface area contributed by atoms with Gasteiger partial charge < -0.3 is 21.2 Å². The van der Waals surface area contributed by atoms with Crippen LogP contribution in [0.25, 0.3) is 0 Å². The molecule has 0 fully saturated rings. The van der Waals surface area contributed by atoms with Gasteiger partial charge in [-0.1, -0.05) is 0 Å². The fourth-order valence-electron chi connectivity index (χ4n) is 1.44. The van der Waals surface area contributed by atoms with Crippen molar-refractivity contribution in [2.75, 3.05) is 17.9 Å². The molecule has 0 aliphatic heterocycles. The van der Waals surface area contributed by atoms with Gasteiger partial charge in [-0.05, 0) is 6.92 Å². The highest BCUT2D eigenvalue weighted by atomic mass is 16.5. The van der Waals surface area contributed by atoms with Gasteiger partial charge in [0.05, 0.1) is 0 Å². The lowest BCUT2D eigenvalue weighted by atomic mass is 10.2. The van der Waals surface area contributed by atoms with Crippen molar-refractivity contribution in [3.8, 4) is 0 Å². The molecule has 1 amide bonds. The van der Waals surface area contributed by atoms with Crippen LogP contribution < -0.4 is 22.3 Å². The van der Waals surface area contributed by atoms with Crippen LogP contribution in [0.2, 0.25) is 0 Å². The number of nitrogens with zero attached hydrogens (tertiary/aromatic N) is 2. The molecule has 18 heavy (non-hydrogen) atoms. The topological polar surface area (TPSA) is 128 Å². The van der Waals surface area contributed by atoms with E-state index in [1.807, 2.05) is 6.92 Å². The molecule has 1 heterocycles. The van der Waals surface area contributed by atoms with Gasteiger partial charge in [-0.25, -0.2) is 15.8 Å². The highest BCUT2D eigenvalue weighted by molar-refractivity contribution is 5.74. The molecule has 1 aromatic heterocycles. The average molecular weight is 254 g/mol. The van der Waals surface area contributed by atoms with Gasteiger partial charge in [0.25, 0.3) is 0 Å². The zero-order chi connectivity index (χ0) is 13.5. The van der Waals surface area contributed by atoms with E-state index in [2.05, 4.69) is 20.7 Å². The van der Waals surface area contributed by atoms with Gasteiger partial charge in [-0.2, -0.15) is 0 Å². The van der Waals surface area contributed by atoms with Crippen molar-refractivity contribution in [1.82, 2.24) is 9.97 Å². The Bertz CT molecular complexity index is 411. The van der Waals surface area contributed by atoms with E-state index in [0.29, 0.717) is 17.5 Å². The normalized spacial score (nSPS) is 11.9. The average Bonchev–Trinajstić information content (AvgIpc) is 2.27. The number of nitrogens with two attached hydrogens (primary N) is 2. The Morgan fingerprint density at radius 2 is 2.17 bits per heavy atom. The predicted octanol–water partition coefficient (Wildman–Crippen LogP) is -0.416. The van der Waals surface area contributed by atoms with Crippen molar-refractivity contribution in [3.05, 3.63) is 11.9 Å². The summed E-state index contributed by atoms with van der Waals surface area (Å²) in [5, 5.41) is 3.04. The Morgan fingerprint density at radius 1 is 1.50 bits per heavy atom. The Hall–Kier alpha value is -1.93. The second-order valence-corrected chi connectivity index (χ2v) is 3.85. The summed E-state index contributed by atoms with van der Waals surface area (Å²) in [6.45, 7) is 2.10. The lowest BCUT2D eigenvalue weighted by molar-refractivity contribution is -0.118. The standard InChI is InChI=1S/C10H18N6O2/c1-6(3-7(11)17)13-8-4-9(16-12)15-10(14-8)5-18-2/h4,6H,3,5,12H2,1-2H3,(H2,11,17)(H2,13,14,15,16). The lowest BCUT2D eigenvalue weighted by Gasteiger charge is -2.14. The maximum atomic E-state index is 10.8. The molecular formula is C10H18N6O2.